The van der Waals surface area contributed by atoms with Crippen molar-refractivity contribution in [1.82, 2.24) is 5.32 Å². The maximum atomic E-state index is 12.4. The van der Waals surface area contributed by atoms with Crippen LogP contribution in [0, 0.1) is 6.92 Å². The maximum Gasteiger partial charge on any atom is 0.238 e. The fourth-order valence-corrected chi connectivity index (χ4v) is 2.94. The summed E-state index contributed by atoms with van der Waals surface area (Å²) in [5, 5.41) is 6.40. The minimum atomic E-state index is -0.0176. The number of methoxy groups -OCH3 is 1. The van der Waals surface area contributed by atoms with E-state index in [-0.39, 0.29) is 18.5 Å². The lowest BCUT2D eigenvalue weighted by atomic mass is 10.0. The number of para-hydroxylation sites is 1. The zero-order valence-electron chi connectivity index (χ0n) is 15.6. The van der Waals surface area contributed by atoms with Crippen molar-refractivity contribution in [3.63, 3.8) is 0 Å². The van der Waals surface area contributed by atoms with Crippen molar-refractivity contribution >= 4 is 11.6 Å². The number of benzene rings is 2. The molecule has 0 aliphatic carbocycles. The first-order chi connectivity index (χ1) is 12.1. The number of anilines is 1. The highest BCUT2D eigenvalue weighted by atomic mass is 16.5. The zero-order chi connectivity index (χ0) is 18.2. The maximum absolute atomic E-state index is 12.4. The lowest BCUT2D eigenvalue weighted by molar-refractivity contribution is -0.115. The second-order valence-corrected chi connectivity index (χ2v) is 6.13. The van der Waals surface area contributed by atoms with E-state index in [1.54, 1.807) is 7.11 Å². The molecule has 2 aromatic rings. The SMILES string of the molecule is CCc1cccc(C)c1NC(=O)CN[C@H](CC)c1ccc(OC)cc1. The van der Waals surface area contributed by atoms with Crippen molar-refractivity contribution in [1.29, 1.82) is 0 Å². The van der Waals surface area contributed by atoms with Crippen LogP contribution in [-0.2, 0) is 11.2 Å². The first-order valence-corrected chi connectivity index (χ1v) is 8.84. The molecule has 0 aromatic heterocycles. The summed E-state index contributed by atoms with van der Waals surface area (Å²) in [7, 11) is 1.66. The van der Waals surface area contributed by atoms with Crippen molar-refractivity contribution in [2.45, 2.75) is 39.7 Å². The van der Waals surface area contributed by atoms with Crippen molar-refractivity contribution in [2.24, 2.45) is 0 Å². The summed E-state index contributed by atoms with van der Waals surface area (Å²) < 4.78 is 5.20. The van der Waals surface area contributed by atoms with Crippen LogP contribution >= 0.6 is 0 Å². The second-order valence-electron chi connectivity index (χ2n) is 6.13. The van der Waals surface area contributed by atoms with Crippen LogP contribution in [-0.4, -0.2) is 19.6 Å². The molecular formula is C21H28N2O2. The summed E-state index contributed by atoms with van der Waals surface area (Å²) in [5.41, 5.74) is 4.35. The van der Waals surface area contributed by atoms with Gasteiger partial charge in [0, 0.05) is 11.7 Å². The standard InChI is InChI=1S/C21H28N2O2/c1-5-16-9-7-8-15(3)21(16)23-20(24)14-22-19(6-2)17-10-12-18(25-4)13-11-17/h7-13,19,22H,5-6,14H2,1-4H3,(H,23,24)/t19-/m1/s1. The fraction of sp³-hybridized carbons (Fsp3) is 0.381. The van der Waals surface area contributed by atoms with Crippen LogP contribution in [0.3, 0.4) is 0 Å². The van der Waals surface area contributed by atoms with Gasteiger partial charge in [-0.1, -0.05) is 44.2 Å². The Morgan fingerprint density at radius 3 is 2.44 bits per heavy atom. The Balaban J connectivity index is 1.98. The molecule has 134 valence electrons. The molecule has 0 saturated carbocycles. The number of ether oxygens (including phenoxy) is 1. The van der Waals surface area contributed by atoms with Crippen molar-refractivity contribution in [2.75, 3.05) is 19.0 Å². The van der Waals surface area contributed by atoms with Crippen molar-refractivity contribution in [3.8, 4) is 5.75 Å². The van der Waals surface area contributed by atoms with E-state index in [1.165, 1.54) is 0 Å². The summed E-state index contributed by atoms with van der Waals surface area (Å²) in [6, 6.07) is 14.2. The van der Waals surface area contributed by atoms with E-state index in [2.05, 4.69) is 30.5 Å². The van der Waals surface area contributed by atoms with Crippen molar-refractivity contribution < 1.29 is 9.53 Å². The molecule has 2 aromatic carbocycles. The van der Waals surface area contributed by atoms with Gasteiger partial charge in [0.1, 0.15) is 5.75 Å². The van der Waals surface area contributed by atoms with E-state index in [0.717, 1.165) is 41.0 Å². The molecule has 1 atom stereocenters. The van der Waals surface area contributed by atoms with Gasteiger partial charge in [-0.25, -0.2) is 0 Å². The molecule has 4 heteroatoms. The summed E-state index contributed by atoms with van der Waals surface area (Å²) in [6.45, 7) is 6.51. The third kappa shape index (κ3) is 5.07. The molecule has 0 fully saturated rings. The predicted molar refractivity (Wildman–Crippen MR) is 103 cm³/mol. The monoisotopic (exact) mass is 340 g/mol. The van der Waals surface area contributed by atoms with Gasteiger partial charge in [-0.2, -0.15) is 0 Å². The van der Waals surface area contributed by atoms with Crippen LogP contribution in [0.1, 0.15) is 43.0 Å². The third-order valence-corrected chi connectivity index (χ3v) is 4.44. The normalized spacial score (nSPS) is 11.8. The average molecular weight is 340 g/mol. The lowest BCUT2D eigenvalue weighted by Gasteiger charge is -2.18. The minimum Gasteiger partial charge on any atom is -0.497 e. The number of amides is 1. The van der Waals surface area contributed by atoms with Crippen LogP contribution in [0.15, 0.2) is 42.5 Å². The molecule has 0 radical (unpaired) electrons. The minimum absolute atomic E-state index is 0.0176. The highest BCUT2D eigenvalue weighted by Gasteiger charge is 2.13. The Kier molecular flexibility index (Phi) is 7.02. The van der Waals surface area contributed by atoms with Crippen LogP contribution in [0.5, 0.6) is 5.75 Å². The molecule has 1 amide bonds. The molecular weight excluding hydrogens is 312 g/mol. The summed E-state index contributed by atoms with van der Waals surface area (Å²) in [6.07, 6.45) is 1.80. The topological polar surface area (TPSA) is 50.4 Å². The molecule has 2 rings (SSSR count). The van der Waals surface area contributed by atoms with Gasteiger partial charge in [0.15, 0.2) is 0 Å². The summed E-state index contributed by atoms with van der Waals surface area (Å²) >= 11 is 0. The average Bonchev–Trinajstić information content (AvgIpc) is 2.64. The zero-order valence-corrected chi connectivity index (χ0v) is 15.6. The van der Waals surface area contributed by atoms with E-state index < -0.39 is 0 Å². The van der Waals surface area contributed by atoms with E-state index in [9.17, 15) is 4.79 Å². The molecule has 0 spiro atoms. The van der Waals surface area contributed by atoms with Gasteiger partial charge in [0.25, 0.3) is 0 Å². The second kappa shape index (κ2) is 9.23. The van der Waals surface area contributed by atoms with Gasteiger partial charge in [0.05, 0.1) is 13.7 Å². The Morgan fingerprint density at radius 1 is 1.12 bits per heavy atom. The van der Waals surface area contributed by atoms with E-state index >= 15 is 0 Å². The molecule has 0 bridgehead atoms. The Bertz CT molecular complexity index is 696. The van der Waals surface area contributed by atoms with Crippen LogP contribution in [0.25, 0.3) is 0 Å². The molecule has 2 N–H and O–H groups in total. The van der Waals surface area contributed by atoms with Gasteiger partial charge in [-0.3, -0.25) is 4.79 Å². The van der Waals surface area contributed by atoms with E-state index in [0.29, 0.717) is 0 Å². The van der Waals surface area contributed by atoms with Crippen LogP contribution < -0.4 is 15.4 Å². The van der Waals surface area contributed by atoms with E-state index in [1.807, 2.05) is 43.3 Å². The Labute approximate surface area is 150 Å². The molecule has 4 nitrogen and oxygen atoms in total. The van der Waals surface area contributed by atoms with Gasteiger partial charge in [0.2, 0.25) is 5.91 Å². The van der Waals surface area contributed by atoms with E-state index in [4.69, 9.17) is 4.74 Å². The first-order valence-electron chi connectivity index (χ1n) is 8.84. The van der Waals surface area contributed by atoms with Crippen molar-refractivity contribution in [3.05, 3.63) is 59.2 Å². The number of carbonyl (C=O) groups excluding carboxylic acids is 1. The lowest BCUT2D eigenvalue weighted by Crippen LogP contribution is -2.31. The smallest absolute Gasteiger partial charge is 0.238 e. The van der Waals surface area contributed by atoms with Gasteiger partial charge < -0.3 is 15.4 Å². The first kappa shape index (κ1) is 19.0. The Morgan fingerprint density at radius 2 is 1.84 bits per heavy atom. The largest absolute Gasteiger partial charge is 0.497 e. The number of rotatable bonds is 8. The summed E-state index contributed by atoms with van der Waals surface area (Å²) in [5.74, 6) is 0.818. The molecule has 0 aliphatic heterocycles. The molecule has 0 heterocycles. The molecule has 25 heavy (non-hydrogen) atoms. The Hall–Kier alpha value is -2.33. The van der Waals surface area contributed by atoms with Crippen LogP contribution in [0.2, 0.25) is 0 Å². The third-order valence-electron chi connectivity index (χ3n) is 4.44. The molecule has 0 aliphatic rings. The number of carbonyl (C=O) groups is 1. The molecule has 0 unspecified atom stereocenters. The summed E-state index contributed by atoms with van der Waals surface area (Å²) in [4.78, 5) is 12.4. The molecule has 0 saturated heterocycles. The number of hydrogen-bond acceptors (Lipinski definition) is 3. The van der Waals surface area contributed by atoms with Crippen LogP contribution in [0.4, 0.5) is 5.69 Å². The van der Waals surface area contributed by atoms with Gasteiger partial charge in [-0.15, -0.1) is 0 Å². The van der Waals surface area contributed by atoms with Gasteiger partial charge >= 0.3 is 0 Å². The number of hydrogen-bond donors (Lipinski definition) is 2. The fourth-order valence-electron chi connectivity index (χ4n) is 2.94. The highest BCUT2D eigenvalue weighted by molar-refractivity contribution is 5.93. The predicted octanol–water partition coefficient (Wildman–Crippen LogP) is 4.25. The quantitative estimate of drug-likeness (QED) is 0.755. The number of nitrogens with one attached hydrogen (secondary N) is 2. The number of aryl methyl sites for hydroxylation is 2. The van der Waals surface area contributed by atoms with Gasteiger partial charge in [-0.05, 0) is 48.6 Å². The highest BCUT2D eigenvalue weighted by Crippen LogP contribution is 2.22.